The smallest absolute Gasteiger partial charge is 0.0315 e. The summed E-state index contributed by atoms with van der Waals surface area (Å²) in [5, 5.41) is 0. The average molecular weight is 162 g/mol. The molecule has 2 heterocycles. The predicted molar refractivity (Wildman–Crippen MR) is 48.9 cm³/mol. The van der Waals surface area contributed by atoms with Crippen LogP contribution in [0.5, 0.6) is 0 Å². The van der Waals surface area contributed by atoms with Gasteiger partial charge in [0.2, 0.25) is 0 Å². The average Bonchev–Trinajstić information content (AvgIpc) is 2.00. The molecule has 64 valence electrons. The van der Waals surface area contributed by atoms with Gasteiger partial charge in [-0.2, -0.15) is 0 Å². The molecule has 0 amide bonds. The molecule has 0 aliphatic carbocycles. The van der Waals surface area contributed by atoms with E-state index in [0.717, 1.165) is 6.54 Å². The van der Waals surface area contributed by atoms with Crippen LogP contribution in [-0.4, -0.2) is 23.0 Å². The Balaban J connectivity index is 2.06. The molecule has 2 heteroatoms. The largest absolute Gasteiger partial charge is 0.299 e. The van der Waals surface area contributed by atoms with Gasteiger partial charge in [0.15, 0.2) is 0 Å². The molecule has 1 aromatic rings. The van der Waals surface area contributed by atoms with Crippen molar-refractivity contribution in [2.45, 2.75) is 19.9 Å². The first-order valence-corrected chi connectivity index (χ1v) is 4.48. The molecule has 0 N–H and O–H groups in total. The first-order valence-electron chi connectivity index (χ1n) is 4.48. The first kappa shape index (κ1) is 7.74. The van der Waals surface area contributed by atoms with Gasteiger partial charge in [-0.25, -0.2) is 0 Å². The van der Waals surface area contributed by atoms with Crippen LogP contribution in [0.2, 0.25) is 0 Å². The summed E-state index contributed by atoms with van der Waals surface area (Å²) >= 11 is 0. The van der Waals surface area contributed by atoms with Gasteiger partial charge in [-0.3, -0.25) is 9.88 Å². The third-order valence-corrected chi connectivity index (χ3v) is 2.49. The first-order chi connectivity index (χ1) is 5.86. The number of rotatable bonds is 2. The summed E-state index contributed by atoms with van der Waals surface area (Å²) in [5.74, 6) is 0. The molecule has 1 aliphatic heterocycles. The molecule has 2 rings (SSSR count). The number of nitrogens with zero attached hydrogens (tertiary/aromatic N) is 2. The second-order valence-corrected chi connectivity index (χ2v) is 3.43. The summed E-state index contributed by atoms with van der Waals surface area (Å²) in [6.45, 7) is 5.75. The van der Waals surface area contributed by atoms with Crippen LogP contribution < -0.4 is 0 Å². The van der Waals surface area contributed by atoms with E-state index < -0.39 is 0 Å². The fourth-order valence-electron chi connectivity index (χ4n) is 1.44. The standard InChI is InChI=1S/C10H14N2/c1-9-3-4-11-7-10(9)8-12-5-2-6-12/h3-4,7H,2,5-6,8H2,1H3. The van der Waals surface area contributed by atoms with E-state index in [1.807, 2.05) is 12.4 Å². The molecule has 0 bridgehead atoms. The molecule has 0 spiro atoms. The van der Waals surface area contributed by atoms with Crippen LogP contribution in [0.3, 0.4) is 0 Å². The van der Waals surface area contributed by atoms with Crippen molar-refractivity contribution in [1.29, 1.82) is 0 Å². The zero-order valence-electron chi connectivity index (χ0n) is 7.45. The minimum Gasteiger partial charge on any atom is -0.299 e. The zero-order valence-corrected chi connectivity index (χ0v) is 7.45. The van der Waals surface area contributed by atoms with E-state index in [0.29, 0.717) is 0 Å². The van der Waals surface area contributed by atoms with Crippen molar-refractivity contribution < 1.29 is 0 Å². The Hall–Kier alpha value is -0.890. The molecule has 0 aromatic carbocycles. The lowest BCUT2D eigenvalue weighted by molar-refractivity contribution is 0.172. The highest BCUT2D eigenvalue weighted by Gasteiger charge is 2.14. The highest BCUT2D eigenvalue weighted by atomic mass is 15.2. The van der Waals surface area contributed by atoms with Crippen molar-refractivity contribution in [3.05, 3.63) is 29.6 Å². The van der Waals surface area contributed by atoms with Gasteiger partial charge >= 0.3 is 0 Å². The van der Waals surface area contributed by atoms with Gasteiger partial charge in [0.05, 0.1) is 0 Å². The van der Waals surface area contributed by atoms with Gasteiger partial charge in [-0.1, -0.05) is 0 Å². The lowest BCUT2D eigenvalue weighted by Gasteiger charge is -2.30. The Morgan fingerprint density at radius 2 is 2.33 bits per heavy atom. The molecule has 1 fully saturated rings. The summed E-state index contributed by atoms with van der Waals surface area (Å²) in [6.07, 6.45) is 5.20. The van der Waals surface area contributed by atoms with Crippen LogP contribution in [0.15, 0.2) is 18.5 Å². The number of aryl methyl sites for hydroxylation is 1. The van der Waals surface area contributed by atoms with Crippen molar-refractivity contribution in [3.8, 4) is 0 Å². The van der Waals surface area contributed by atoms with Crippen molar-refractivity contribution in [2.24, 2.45) is 0 Å². The summed E-state index contributed by atoms with van der Waals surface area (Å²) in [5.41, 5.74) is 2.73. The van der Waals surface area contributed by atoms with E-state index in [1.165, 1.54) is 30.6 Å². The summed E-state index contributed by atoms with van der Waals surface area (Å²) in [4.78, 5) is 6.58. The molecule has 0 saturated carbocycles. The molecule has 1 aromatic heterocycles. The van der Waals surface area contributed by atoms with Crippen LogP contribution in [-0.2, 0) is 6.54 Å². The minimum absolute atomic E-state index is 1.08. The second kappa shape index (κ2) is 3.23. The Kier molecular flexibility index (Phi) is 2.09. The quantitative estimate of drug-likeness (QED) is 0.656. The Bertz CT molecular complexity index is 266. The molecule has 0 unspecified atom stereocenters. The molecular formula is C10H14N2. The summed E-state index contributed by atoms with van der Waals surface area (Å²) < 4.78 is 0. The normalized spacial score (nSPS) is 17.4. The van der Waals surface area contributed by atoms with Crippen LogP contribution in [0.4, 0.5) is 0 Å². The fourth-order valence-corrected chi connectivity index (χ4v) is 1.44. The van der Waals surface area contributed by atoms with Gasteiger partial charge in [0, 0.05) is 18.9 Å². The number of pyridine rings is 1. The van der Waals surface area contributed by atoms with Gasteiger partial charge in [-0.05, 0) is 43.6 Å². The van der Waals surface area contributed by atoms with Crippen LogP contribution >= 0.6 is 0 Å². The second-order valence-electron chi connectivity index (χ2n) is 3.43. The topological polar surface area (TPSA) is 16.1 Å². The van der Waals surface area contributed by atoms with Crippen molar-refractivity contribution in [2.75, 3.05) is 13.1 Å². The van der Waals surface area contributed by atoms with Gasteiger partial charge in [0.25, 0.3) is 0 Å². The Morgan fingerprint density at radius 1 is 1.50 bits per heavy atom. The number of hydrogen-bond donors (Lipinski definition) is 0. The maximum Gasteiger partial charge on any atom is 0.0315 e. The van der Waals surface area contributed by atoms with Gasteiger partial charge < -0.3 is 0 Å². The molecule has 0 radical (unpaired) electrons. The van der Waals surface area contributed by atoms with E-state index in [4.69, 9.17) is 0 Å². The predicted octanol–water partition coefficient (Wildman–Crippen LogP) is 1.60. The maximum atomic E-state index is 4.13. The third kappa shape index (κ3) is 1.48. The molecule has 1 aliphatic rings. The van der Waals surface area contributed by atoms with Gasteiger partial charge in [-0.15, -0.1) is 0 Å². The van der Waals surface area contributed by atoms with Crippen molar-refractivity contribution >= 4 is 0 Å². The summed E-state index contributed by atoms with van der Waals surface area (Å²) in [7, 11) is 0. The molecule has 0 atom stereocenters. The lowest BCUT2D eigenvalue weighted by Crippen LogP contribution is -2.36. The fraction of sp³-hybridized carbons (Fsp3) is 0.500. The zero-order chi connectivity index (χ0) is 8.39. The van der Waals surface area contributed by atoms with E-state index in [1.54, 1.807) is 0 Å². The molecule has 1 saturated heterocycles. The van der Waals surface area contributed by atoms with Crippen LogP contribution in [0.25, 0.3) is 0 Å². The van der Waals surface area contributed by atoms with Gasteiger partial charge in [0.1, 0.15) is 0 Å². The Labute approximate surface area is 73.2 Å². The minimum atomic E-state index is 1.08. The molecule has 12 heavy (non-hydrogen) atoms. The highest BCUT2D eigenvalue weighted by molar-refractivity contribution is 5.21. The number of likely N-dealkylation sites (tertiary alicyclic amines) is 1. The molecular weight excluding hydrogens is 148 g/mol. The lowest BCUT2D eigenvalue weighted by atomic mass is 10.1. The van der Waals surface area contributed by atoms with E-state index >= 15 is 0 Å². The SMILES string of the molecule is Cc1ccncc1CN1CCC1. The number of aromatic nitrogens is 1. The van der Waals surface area contributed by atoms with Crippen molar-refractivity contribution in [1.82, 2.24) is 9.88 Å². The maximum absolute atomic E-state index is 4.13. The monoisotopic (exact) mass is 162 g/mol. The van der Waals surface area contributed by atoms with Crippen molar-refractivity contribution in [3.63, 3.8) is 0 Å². The third-order valence-electron chi connectivity index (χ3n) is 2.49. The summed E-state index contributed by atoms with van der Waals surface area (Å²) in [6, 6.07) is 2.08. The Morgan fingerprint density at radius 3 is 2.92 bits per heavy atom. The van der Waals surface area contributed by atoms with E-state index in [-0.39, 0.29) is 0 Å². The number of hydrogen-bond acceptors (Lipinski definition) is 2. The van der Waals surface area contributed by atoms with Crippen LogP contribution in [0, 0.1) is 6.92 Å². The van der Waals surface area contributed by atoms with E-state index in [9.17, 15) is 0 Å². The van der Waals surface area contributed by atoms with E-state index in [2.05, 4.69) is 22.9 Å². The highest BCUT2D eigenvalue weighted by Crippen LogP contribution is 2.13. The van der Waals surface area contributed by atoms with Crippen LogP contribution in [0.1, 0.15) is 17.5 Å². The molecule has 2 nitrogen and oxygen atoms in total.